The number of ether oxygens (including phenoxy) is 2. The summed E-state index contributed by atoms with van der Waals surface area (Å²) >= 11 is 1.20. The van der Waals surface area contributed by atoms with Gasteiger partial charge in [-0.3, -0.25) is 9.59 Å². The van der Waals surface area contributed by atoms with Crippen molar-refractivity contribution in [3.63, 3.8) is 0 Å². The normalized spacial score (nSPS) is 10.5. The lowest BCUT2D eigenvalue weighted by Crippen LogP contribution is -2.07. The zero-order chi connectivity index (χ0) is 14.0. The molecule has 0 atom stereocenters. The van der Waals surface area contributed by atoms with Crippen molar-refractivity contribution in [3.05, 3.63) is 18.4 Å². The molecule has 1 aromatic heterocycles. The fraction of sp³-hybridized carbons (Fsp3) is 0.167. The van der Waals surface area contributed by atoms with Crippen LogP contribution in [0, 0.1) is 6.26 Å². The summed E-state index contributed by atoms with van der Waals surface area (Å²) in [5.41, 5.74) is 1.26. The van der Waals surface area contributed by atoms with E-state index in [4.69, 9.17) is 9.47 Å². The monoisotopic (exact) mass is 279 g/mol. The van der Waals surface area contributed by atoms with Crippen molar-refractivity contribution in [2.24, 2.45) is 0 Å². The minimum absolute atomic E-state index is 0.155. The van der Waals surface area contributed by atoms with E-state index in [9.17, 15) is 9.59 Å². The molecule has 0 saturated carbocycles. The molecule has 19 heavy (non-hydrogen) atoms. The summed E-state index contributed by atoms with van der Waals surface area (Å²) in [5.74, 6) is -0.684. The van der Waals surface area contributed by atoms with Crippen LogP contribution in [-0.2, 0) is 9.59 Å². The van der Waals surface area contributed by atoms with Crippen LogP contribution in [0.4, 0.5) is 0 Å². The number of rotatable bonds is 3. The summed E-state index contributed by atoms with van der Waals surface area (Å²) in [7, 11) is 0. The highest BCUT2D eigenvalue weighted by atomic mass is 32.2. The van der Waals surface area contributed by atoms with E-state index < -0.39 is 11.9 Å². The van der Waals surface area contributed by atoms with E-state index in [1.54, 1.807) is 6.07 Å². The first-order chi connectivity index (χ1) is 8.99. The standard InChI is InChI=1S/C12H11N2O4S/c1-6(15)17-10-4-8-9(14-12(13-8)19-3)5-11(10)18-7(2)16/h4-5H,3H2,1-2H3,(H,13,14). The topological polar surface area (TPSA) is 81.3 Å². The van der Waals surface area contributed by atoms with E-state index >= 15 is 0 Å². The van der Waals surface area contributed by atoms with E-state index in [1.165, 1.54) is 31.7 Å². The summed E-state index contributed by atoms with van der Waals surface area (Å²) in [6.07, 6.45) is 3.65. The number of esters is 2. The lowest BCUT2D eigenvalue weighted by Gasteiger charge is -2.08. The van der Waals surface area contributed by atoms with Gasteiger partial charge in [-0.25, -0.2) is 4.98 Å². The third-order valence-corrected chi connectivity index (χ3v) is 2.64. The fourth-order valence-electron chi connectivity index (χ4n) is 1.53. The minimum Gasteiger partial charge on any atom is -0.423 e. The van der Waals surface area contributed by atoms with Crippen molar-refractivity contribution in [2.75, 3.05) is 0 Å². The van der Waals surface area contributed by atoms with Crippen molar-refractivity contribution in [1.29, 1.82) is 0 Å². The van der Waals surface area contributed by atoms with E-state index in [-0.39, 0.29) is 11.5 Å². The summed E-state index contributed by atoms with van der Waals surface area (Å²) in [4.78, 5) is 29.3. The van der Waals surface area contributed by atoms with Gasteiger partial charge in [-0.2, -0.15) is 0 Å². The Balaban J connectivity index is 2.53. The minimum atomic E-state index is -0.505. The number of hydrogen-bond acceptors (Lipinski definition) is 6. The molecule has 7 heteroatoms. The van der Waals surface area contributed by atoms with E-state index in [2.05, 4.69) is 16.2 Å². The van der Waals surface area contributed by atoms with Crippen LogP contribution in [0.1, 0.15) is 13.8 Å². The molecular weight excluding hydrogens is 268 g/mol. The molecule has 0 fully saturated rings. The van der Waals surface area contributed by atoms with Crippen LogP contribution in [0.5, 0.6) is 11.5 Å². The second kappa shape index (κ2) is 5.31. The molecule has 1 aromatic carbocycles. The number of aromatic amines is 1. The summed E-state index contributed by atoms with van der Waals surface area (Å²) in [6.45, 7) is 2.54. The first-order valence-corrected chi connectivity index (χ1v) is 6.31. The Kier molecular flexibility index (Phi) is 3.75. The third kappa shape index (κ3) is 3.05. The number of nitrogens with zero attached hydrogens (tertiary/aromatic N) is 1. The van der Waals surface area contributed by atoms with Crippen LogP contribution in [0.3, 0.4) is 0 Å². The van der Waals surface area contributed by atoms with Gasteiger partial charge in [0.05, 0.1) is 11.0 Å². The van der Waals surface area contributed by atoms with Crippen molar-refractivity contribution >= 4 is 34.7 Å². The predicted molar refractivity (Wildman–Crippen MR) is 69.9 cm³/mol. The van der Waals surface area contributed by atoms with Crippen LogP contribution in [0.15, 0.2) is 17.3 Å². The highest BCUT2D eigenvalue weighted by Crippen LogP contribution is 2.33. The molecule has 0 bridgehead atoms. The van der Waals surface area contributed by atoms with Gasteiger partial charge in [0.2, 0.25) is 0 Å². The molecule has 2 aromatic rings. The average molecular weight is 279 g/mol. The maximum absolute atomic E-state index is 11.0. The van der Waals surface area contributed by atoms with Crippen LogP contribution in [0.2, 0.25) is 0 Å². The van der Waals surface area contributed by atoms with E-state index in [0.29, 0.717) is 16.2 Å². The molecule has 1 heterocycles. The van der Waals surface area contributed by atoms with Crippen molar-refractivity contribution in [2.45, 2.75) is 19.0 Å². The van der Waals surface area contributed by atoms with Crippen LogP contribution < -0.4 is 9.47 Å². The van der Waals surface area contributed by atoms with Crippen molar-refractivity contribution in [3.8, 4) is 11.5 Å². The molecule has 0 aliphatic carbocycles. The number of carbonyl (C=O) groups excluding carboxylic acids is 2. The van der Waals surface area contributed by atoms with E-state index in [0.717, 1.165) is 0 Å². The first kappa shape index (κ1) is 13.4. The number of aromatic nitrogens is 2. The summed E-state index contributed by atoms with van der Waals surface area (Å²) < 4.78 is 10.0. The Hall–Kier alpha value is -2.02. The zero-order valence-corrected chi connectivity index (χ0v) is 11.2. The zero-order valence-electron chi connectivity index (χ0n) is 10.4. The fourth-order valence-corrected chi connectivity index (χ4v) is 1.88. The molecule has 0 aliphatic rings. The summed E-state index contributed by atoms with van der Waals surface area (Å²) in [5, 5.41) is 0.615. The van der Waals surface area contributed by atoms with Crippen LogP contribution in [-0.4, -0.2) is 21.9 Å². The van der Waals surface area contributed by atoms with Crippen LogP contribution in [0.25, 0.3) is 11.0 Å². The molecule has 1 N–H and O–H groups in total. The number of H-pyrrole nitrogens is 1. The van der Waals surface area contributed by atoms with E-state index in [1.807, 2.05) is 0 Å². The van der Waals surface area contributed by atoms with Gasteiger partial charge in [0.25, 0.3) is 0 Å². The number of carbonyl (C=O) groups is 2. The lowest BCUT2D eigenvalue weighted by molar-refractivity contribution is -0.134. The molecule has 0 aliphatic heterocycles. The van der Waals surface area contributed by atoms with Gasteiger partial charge in [-0.15, -0.1) is 0 Å². The second-order valence-electron chi connectivity index (χ2n) is 3.69. The molecule has 99 valence electrons. The van der Waals surface area contributed by atoms with Gasteiger partial charge in [-0.05, 0) is 0 Å². The molecule has 0 amide bonds. The quantitative estimate of drug-likeness (QED) is 0.527. The number of imidazole rings is 1. The molecule has 0 spiro atoms. The average Bonchev–Trinajstić information content (AvgIpc) is 2.70. The van der Waals surface area contributed by atoms with Gasteiger partial charge >= 0.3 is 11.9 Å². The molecule has 2 rings (SSSR count). The maximum atomic E-state index is 11.0. The van der Waals surface area contributed by atoms with Gasteiger partial charge < -0.3 is 14.5 Å². The molecular formula is C12H11N2O4S. The molecule has 6 nitrogen and oxygen atoms in total. The van der Waals surface area contributed by atoms with Crippen molar-refractivity contribution < 1.29 is 19.1 Å². The predicted octanol–water partition coefficient (Wildman–Crippen LogP) is 2.30. The Morgan fingerprint density at radius 3 is 2.32 bits per heavy atom. The second-order valence-corrected chi connectivity index (χ2v) is 4.37. The Labute approximate surface area is 113 Å². The van der Waals surface area contributed by atoms with Gasteiger partial charge in [0, 0.05) is 32.2 Å². The van der Waals surface area contributed by atoms with Gasteiger partial charge in [-0.1, -0.05) is 11.8 Å². The molecule has 1 radical (unpaired) electrons. The maximum Gasteiger partial charge on any atom is 0.308 e. The van der Waals surface area contributed by atoms with Gasteiger partial charge in [0.15, 0.2) is 16.7 Å². The first-order valence-electron chi connectivity index (χ1n) is 5.32. The molecule has 0 unspecified atom stereocenters. The number of thioether (sulfide) groups is 1. The Bertz CT molecular complexity index is 597. The number of nitrogens with one attached hydrogen (secondary N) is 1. The highest BCUT2D eigenvalue weighted by Gasteiger charge is 2.14. The smallest absolute Gasteiger partial charge is 0.308 e. The van der Waals surface area contributed by atoms with Crippen LogP contribution >= 0.6 is 11.8 Å². The SMILES string of the molecule is [CH2]Sc1nc2cc(OC(C)=O)c(OC(C)=O)cc2[nH]1. The third-order valence-electron chi connectivity index (χ3n) is 2.17. The summed E-state index contributed by atoms with van der Waals surface area (Å²) in [6, 6.07) is 3.09. The number of hydrogen-bond donors (Lipinski definition) is 1. The lowest BCUT2D eigenvalue weighted by atomic mass is 10.2. The largest absolute Gasteiger partial charge is 0.423 e. The number of benzene rings is 1. The Morgan fingerprint density at radius 1 is 1.21 bits per heavy atom. The molecule has 0 saturated heterocycles. The Morgan fingerprint density at radius 2 is 1.79 bits per heavy atom. The van der Waals surface area contributed by atoms with Crippen molar-refractivity contribution in [1.82, 2.24) is 9.97 Å². The number of fused-ring (bicyclic) bond motifs is 1. The van der Waals surface area contributed by atoms with Gasteiger partial charge in [0.1, 0.15) is 0 Å². The highest BCUT2D eigenvalue weighted by molar-refractivity contribution is 8.00.